The lowest BCUT2D eigenvalue weighted by Gasteiger charge is -2.35. The molecule has 180 valence electrons. The Morgan fingerprint density at radius 3 is 2.56 bits per heavy atom. The zero-order chi connectivity index (χ0) is 24.2. The van der Waals surface area contributed by atoms with Gasteiger partial charge in [-0.3, -0.25) is 5.01 Å². The number of aryl methyl sites for hydroxylation is 1. The second kappa shape index (κ2) is 8.33. The van der Waals surface area contributed by atoms with Gasteiger partial charge in [-0.25, -0.2) is 9.97 Å². The summed E-state index contributed by atoms with van der Waals surface area (Å²) in [5, 5.41) is 15.3. The van der Waals surface area contributed by atoms with Gasteiger partial charge in [0, 0.05) is 38.8 Å². The maximum absolute atomic E-state index is 12.3. The molecule has 9 nitrogen and oxygen atoms in total. The van der Waals surface area contributed by atoms with E-state index in [1.165, 1.54) is 0 Å². The molecule has 4 heterocycles. The lowest BCUT2D eigenvalue weighted by molar-refractivity contribution is 0.0752. The van der Waals surface area contributed by atoms with Gasteiger partial charge in [-0.1, -0.05) is 17.7 Å². The third-order valence-electron chi connectivity index (χ3n) is 6.55. The molecule has 3 N–H and O–H groups in total. The second-order valence-corrected chi connectivity index (χ2v) is 9.50. The fourth-order valence-electron chi connectivity index (χ4n) is 4.47. The Labute approximate surface area is 203 Å². The number of hydrazine groups is 2. The number of ether oxygens (including phenoxy) is 1. The second-order valence-electron chi connectivity index (χ2n) is 9.12. The number of aliphatic hydroxyl groups is 1. The van der Waals surface area contributed by atoms with E-state index in [4.69, 9.17) is 21.3 Å². The molecule has 0 saturated carbocycles. The molecule has 0 aliphatic carbocycles. The van der Waals surface area contributed by atoms with E-state index in [9.17, 15) is 5.11 Å². The predicted molar refractivity (Wildman–Crippen MR) is 132 cm³/mol. The van der Waals surface area contributed by atoms with Crippen LogP contribution in [0.15, 0.2) is 36.3 Å². The Balaban J connectivity index is 1.73. The average Bonchev–Trinajstić information content (AvgIpc) is 3.34. The first kappa shape index (κ1) is 22.8. The normalized spacial score (nSPS) is 17.6. The molecule has 2 aliphatic heterocycles. The van der Waals surface area contributed by atoms with E-state index in [1.807, 2.05) is 57.6 Å². The number of fused-ring (bicyclic) bond motifs is 1. The van der Waals surface area contributed by atoms with Gasteiger partial charge in [0.15, 0.2) is 17.2 Å². The van der Waals surface area contributed by atoms with Crippen molar-refractivity contribution in [2.45, 2.75) is 38.9 Å². The third-order valence-corrected chi connectivity index (χ3v) is 6.93. The molecule has 1 aromatic carbocycles. The Bertz CT molecular complexity index is 1280. The molecule has 3 aromatic rings. The SMILES string of the molecule is Cc1ncc(C(O)(C2=CNNN2C)c2ccc3nc(N4CCC4)c(OC(C)C)c(Cl)c3c2)n1C. The first-order chi connectivity index (χ1) is 16.2. The molecule has 1 saturated heterocycles. The number of hydrogen-bond donors (Lipinski definition) is 3. The van der Waals surface area contributed by atoms with Gasteiger partial charge in [-0.15, -0.1) is 5.53 Å². The first-order valence-electron chi connectivity index (χ1n) is 11.4. The summed E-state index contributed by atoms with van der Waals surface area (Å²) in [6.45, 7) is 7.72. The van der Waals surface area contributed by atoms with Crippen LogP contribution in [0.2, 0.25) is 5.02 Å². The van der Waals surface area contributed by atoms with E-state index in [1.54, 1.807) is 17.4 Å². The van der Waals surface area contributed by atoms with Gasteiger partial charge in [-0.05, 0) is 44.9 Å². The molecule has 0 bridgehead atoms. The fraction of sp³-hybridized carbons (Fsp3) is 0.417. The molecule has 34 heavy (non-hydrogen) atoms. The zero-order valence-corrected chi connectivity index (χ0v) is 20.8. The number of aromatic nitrogens is 3. The minimum absolute atomic E-state index is 0.0521. The third kappa shape index (κ3) is 3.46. The van der Waals surface area contributed by atoms with E-state index < -0.39 is 5.60 Å². The van der Waals surface area contributed by atoms with Gasteiger partial charge in [0.25, 0.3) is 0 Å². The summed E-state index contributed by atoms with van der Waals surface area (Å²) in [6, 6.07) is 5.69. The van der Waals surface area contributed by atoms with Crippen molar-refractivity contribution < 1.29 is 9.84 Å². The molecule has 1 unspecified atom stereocenters. The lowest BCUT2D eigenvalue weighted by atomic mass is 9.86. The van der Waals surface area contributed by atoms with E-state index >= 15 is 0 Å². The number of benzene rings is 1. The number of imidazole rings is 1. The summed E-state index contributed by atoms with van der Waals surface area (Å²) in [5.74, 6) is 2.15. The van der Waals surface area contributed by atoms with Crippen LogP contribution in [0.3, 0.4) is 0 Å². The summed E-state index contributed by atoms with van der Waals surface area (Å²) in [4.78, 5) is 11.5. The van der Waals surface area contributed by atoms with Gasteiger partial charge in [0.1, 0.15) is 5.82 Å². The molecule has 0 spiro atoms. The van der Waals surface area contributed by atoms with E-state index in [-0.39, 0.29) is 6.10 Å². The van der Waals surface area contributed by atoms with Crippen molar-refractivity contribution in [2.24, 2.45) is 7.05 Å². The Kier molecular flexibility index (Phi) is 5.58. The standard InChI is InChI=1S/C24H30ClN7O2/c1-14(2)34-22-21(25)17-11-16(7-8-18(17)28-23(22)32-9-6-10-32)24(33,20-13-27-29-31(20)5)19-12-26-15(3)30(19)4/h7-8,11-14,27,29,33H,6,9-10H2,1-5H3. The highest BCUT2D eigenvalue weighted by molar-refractivity contribution is 6.37. The molecule has 0 radical (unpaired) electrons. The summed E-state index contributed by atoms with van der Waals surface area (Å²) < 4.78 is 8.02. The average molecular weight is 484 g/mol. The number of hydrogen-bond acceptors (Lipinski definition) is 8. The minimum atomic E-state index is -1.51. The molecule has 10 heteroatoms. The Morgan fingerprint density at radius 1 is 1.24 bits per heavy atom. The Morgan fingerprint density at radius 2 is 2.00 bits per heavy atom. The smallest absolute Gasteiger partial charge is 0.181 e. The number of nitrogens with one attached hydrogen (secondary N) is 2. The Hall–Kier alpha value is -3.01. The van der Waals surface area contributed by atoms with Crippen molar-refractivity contribution in [3.8, 4) is 5.75 Å². The van der Waals surface area contributed by atoms with Crippen molar-refractivity contribution in [3.05, 3.63) is 58.4 Å². The predicted octanol–water partition coefficient (Wildman–Crippen LogP) is 2.96. The molecule has 2 aromatic heterocycles. The summed E-state index contributed by atoms with van der Waals surface area (Å²) in [6.07, 6.45) is 4.52. The quantitative estimate of drug-likeness (QED) is 0.493. The van der Waals surface area contributed by atoms with Crippen LogP contribution < -0.4 is 20.6 Å². The first-order valence-corrected chi connectivity index (χ1v) is 11.8. The van der Waals surface area contributed by atoms with Crippen LogP contribution in [0.4, 0.5) is 5.82 Å². The highest BCUT2D eigenvalue weighted by atomic mass is 35.5. The van der Waals surface area contributed by atoms with E-state index in [2.05, 4.69) is 20.8 Å². The van der Waals surface area contributed by atoms with Gasteiger partial charge < -0.3 is 24.7 Å². The van der Waals surface area contributed by atoms with Crippen LogP contribution in [-0.2, 0) is 12.6 Å². The summed E-state index contributed by atoms with van der Waals surface area (Å²) in [5.41, 5.74) is 7.09. The van der Waals surface area contributed by atoms with Crippen LogP contribution in [0, 0.1) is 6.92 Å². The van der Waals surface area contributed by atoms with E-state index in [0.717, 1.165) is 42.1 Å². The van der Waals surface area contributed by atoms with Crippen LogP contribution in [-0.4, -0.2) is 50.9 Å². The van der Waals surface area contributed by atoms with Crippen LogP contribution >= 0.6 is 11.6 Å². The summed E-state index contributed by atoms with van der Waals surface area (Å²) >= 11 is 6.97. The van der Waals surface area contributed by atoms with Crippen molar-refractivity contribution in [1.29, 1.82) is 0 Å². The molecule has 5 rings (SSSR count). The molecular formula is C24H30ClN7O2. The van der Waals surface area contributed by atoms with Crippen LogP contribution in [0.1, 0.15) is 37.4 Å². The number of likely N-dealkylation sites (N-methyl/N-ethyl adjacent to an activating group) is 1. The molecule has 2 aliphatic rings. The number of nitrogens with zero attached hydrogens (tertiary/aromatic N) is 5. The minimum Gasteiger partial charge on any atom is -0.486 e. The van der Waals surface area contributed by atoms with Gasteiger partial charge in [-0.2, -0.15) is 0 Å². The maximum atomic E-state index is 12.3. The summed E-state index contributed by atoms with van der Waals surface area (Å²) in [7, 11) is 3.73. The largest absolute Gasteiger partial charge is 0.486 e. The fourth-order valence-corrected chi connectivity index (χ4v) is 4.75. The van der Waals surface area contributed by atoms with Gasteiger partial charge in [0.05, 0.1) is 34.2 Å². The van der Waals surface area contributed by atoms with Crippen molar-refractivity contribution in [2.75, 3.05) is 25.0 Å². The molecule has 1 fully saturated rings. The van der Waals surface area contributed by atoms with E-state index in [0.29, 0.717) is 27.7 Å². The highest BCUT2D eigenvalue weighted by Gasteiger charge is 2.43. The molecule has 0 amide bonds. The van der Waals surface area contributed by atoms with Gasteiger partial charge in [0.2, 0.25) is 0 Å². The number of pyridine rings is 1. The van der Waals surface area contributed by atoms with Crippen LogP contribution in [0.25, 0.3) is 10.9 Å². The molecule has 1 atom stereocenters. The zero-order valence-electron chi connectivity index (χ0n) is 20.1. The topological polar surface area (TPSA) is 90.7 Å². The number of anilines is 1. The van der Waals surface area contributed by atoms with Crippen molar-refractivity contribution in [1.82, 2.24) is 30.5 Å². The van der Waals surface area contributed by atoms with Crippen LogP contribution in [0.5, 0.6) is 5.75 Å². The number of rotatable bonds is 6. The number of halogens is 1. The monoisotopic (exact) mass is 483 g/mol. The lowest BCUT2D eigenvalue weighted by Crippen LogP contribution is -2.42. The van der Waals surface area contributed by atoms with Gasteiger partial charge >= 0.3 is 0 Å². The maximum Gasteiger partial charge on any atom is 0.181 e. The highest BCUT2D eigenvalue weighted by Crippen LogP contribution is 2.44. The van der Waals surface area contributed by atoms with Crippen molar-refractivity contribution in [3.63, 3.8) is 0 Å². The molecular weight excluding hydrogens is 454 g/mol. The van der Waals surface area contributed by atoms with Crippen molar-refractivity contribution >= 4 is 28.3 Å².